The molecule has 1 aromatic carbocycles. The van der Waals surface area contributed by atoms with E-state index in [0.29, 0.717) is 0 Å². The number of nitrogens with zero attached hydrogens (tertiary/aromatic N) is 2. The summed E-state index contributed by atoms with van der Waals surface area (Å²) in [5.74, 6) is 1.77. The molecule has 21 heavy (non-hydrogen) atoms. The van der Waals surface area contributed by atoms with Crippen LogP contribution in [0.1, 0.15) is 28.8 Å². The molecule has 1 N–H and O–H groups in total. The summed E-state index contributed by atoms with van der Waals surface area (Å²) < 4.78 is 7.59. The third-order valence-electron chi connectivity index (χ3n) is 3.76. The van der Waals surface area contributed by atoms with E-state index in [0.717, 1.165) is 17.3 Å². The van der Waals surface area contributed by atoms with Gasteiger partial charge in [0.1, 0.15) is 17.6 Å². The maximum Gasteiger partial charge on any atom is 0.143 e. The van der Waals surface area contributed by atoms with Crippen molar-refractivity contribution < 1.29 is 4.42 Å². The Morgan fingerprint density at radius 2 is 2.05 bits per heavy atom. The van der Waals surface area contributed by atoms with E-state index in [1.165, 1.54) is 11.1 Å². The highest BCUT2D eigenvalue weighted by atomic mass is 16.3. The van der Waals surface area contributed by atoms with Crippen LogP contribution in [-0.4, -0.2) is 9.55 Å². The molecule has 1 unspecified atom stereocenters. The normalized spacial score (nSPS) is 12.3. The molecule has 3 aromatic rings. The molecule has 0 aliphatic heterocycles. The Kier molecular flexibility index (Phi) is 3.52. The highest BCUT2D eigenvalue weighted by Gasteiger charge is 2.20. The zero-order valence-corrected chi connectivity index (χ0v) is 12.5. The third kappa shape index (κ3) is 2.70. The number of furan rings is 1. The first-order valence-corrected chi connectivity index (χ1v) is 6.99. The van der Waals surface area contributed by atoms with Crippen LogP contribution in [0.2, 0.25) is 0 Å². The Bertz CT molecular complexity index is 728. The van der Waals surface area contributed by atoms with E-state index in [1.54, 1.807) is 12.5 Å². The zero-order chi connectivity index (χ0) is 14.8. The van der Waals surface area contributed by atoms with Crippen LogP contribution in [0.3, 0.4) is 0 Å². The quantitative estimate of drug-likeness (QED) is 0.790. The number of benzene rings is 1. The summed E-state index contributed by atoms with van der Waals surface area (Å²) in [5, 5.41) is 3.52. The minimum Gasteiger partial charge on any atom is -0.467 e. The average molecular weight is 281 g/mol. The molecule has 0 bridgehead atoms. The summed E-state index contributed by atoms with van der Waals surface area (Å²) in [6.45, 7) is 4.23. The number of aryl methyl sites for hydroxylation is 3. The Hall–Kier alpha value is -2.49. The Morgan fingerprint density at radius 1 is 1.19 bits per heavy atom. The van der Waals surface area contributed by atoms with Crippen LogP contribution in [0.4, 0.5) is 5.69 Å². The van der Waals surface area contributed by atoms with E-state index >= 15 is 0 Å². The minimum atomic E-state index is -0.109. The number of hydrogen-bond donors (Lipinski definition) is 1. The van der Waals surface area contributed by atoms with E-state index in [-0.39, 0.29) is 6.04 Å². The van der Waals surface area contributed by atoms with Gasteiger partial charge in [-0.15, -0.1) is 0 Å². The summed E-state index contributed by atoms with van der Waals surface area (Å²) in [6.07, 6.45) is 5.42. The van der Waals surface area contributed by atoms with Gasteiger partial charge in [0.15, 0.2) is 0 Å². The number of anilines is 1. The van der Waals surface area contributed by atoms with Gasteiger partial charge >= 0.3 is 0 Å². The highest BCUT2D eigenvalue weighted by Crippen LogP contribution is 2.26. The van der Waals surface area contributed by atoms with Crippen molar-refractivity contribution in [3.05, 3.63) is 71.7 Å². The van der Waals surface area contributed by atoms with Crippen LogP contribution in [0.5, 0.6) is 0 Å². The van der Waals surface area contributed by atoms with Crippen molar-refractivity contribution in [3.8, 4) is 0 Å². The van der Waals surface area contributed by atoms with E-state index < -0.39 is 0 Å². The lowest BCUT2D eigenvalue weighted by molar-refractivity contribution is 0.488. The number of imidazole rings is 1. The predicted molar refractivity (Wildman–Crippen MR) is 83.3 cm³/mol. The van der Waals surface area contributed by atoms with Crippen molar-refractivity contribution in [2.24, 2.45) is 7.05 Å². The van der Waals surface area contributed by atoms with Gasteiger partial charge in [0.2, 0.25) is 0 Å². The van der Waals surface area contributed by atoms with Crippen LogP contribution in [-0.2, 0) is 7.05 Å². The van der Waals surface area contributed by atoms with E-state index in [2.05, 4.69) is 42.3 Å². The fourth-order valence-electron chi connectivity index (χ4n) is 2.37. The van der Waals surface area contributed by atoms with Crippen LogP contribution < -0.4 is 5.32 Å². The molecular weight excluding hydrogens is 262 g/mol. The number of rotatable bonds is 4. The fourth-order valence-corrected chi connectivity index (χ4v) is 2.37. The SMILES string of the molecule is Cc1ccc(NC(c2ccco2)c2nccn2C)cc1C. The maximum atomic E-state index is 5.58. The summed E-state index contributed by atoms with van der Waals surface area (Å²) in [5.41, 5.74) is 3.60. The minimum absolute atomic E-state index is 0.109. The molecule has 0 aliphatic carbocycles. The van der Waals surface area contributed by atoms with Crippen molar-refractivity contribution in [1.29, 1.82) is 0 Å². The largest absolute Gasteiger partial charge is 0.467 e. The van der Waals surface area contributed by atoms with Gasteiger partial charge in [0.05, 0.1) is 6.26 Å². The van der Waals surface area contributed by atoms with Crippen LogP contribution in [0.15, 0.2) is 53.4 Å². The molecule has 4 heteroatoms. The zero-order valence-electron chi connectivity index (χ0n) is 12.5. The molecular formula is C17H19N3O. The molecule has 0 saturated heterocycles. The fraction of sp³-hybridized carbons (Fsp3) is 0.235. The molecule has 1 atom stereocenters. The number of aromatic nitrogens is 2. The van der Waals surface area contributed by atoms with Crippen LogP contribution in [0.25, 0.3) is 0 Å². The average Bonchev–Trinajstić information content (AvgIpc) is 3.12. The second-order valence-electron chi connectivity index (χ2n) is 5.29. The summed E-state index contributed by atoms with van der Waals surface area (Å²) >= 11 is 0. The lowest BCUT2D eigenvalue weighted by Gasteiger charge is -2.18. The van der Waals surface area contributed by atoms with E-state index in [1.807, 2.05) is 29.9 Å². The first-order chi connectivity index (χ1) is 10.1. The van der Waals surface area contributed by atoms with Crippen molar-refractivity contribution >= 4 is 5.69 Å². The number of nitrogens with one attached hydrogen (secondary N) is 1. The standard InChI is InChI=1S/C17H19N3O/c1-12-6-7-14(11-13(12)2)19-16(15-5-4-10-21-15)17-18-8-9-20(17)3/h4-11,16,19H,1-3H3. The second-order valence-corrected chi connectivity index (χ2v) is 5.29. The lowest BCUT2D eigenvalue weighted by Crippen LogP contribution is -2.16. The smallest absolute Gasteiger partial charge is 0.143 e. The topological polar surface area (TPSA) is 43.0 Å². The van der Waals surface area contributed by atoms with Gasteiger partial charge in [-0.3, -0.25) is 0 Å². The van der Waals surface area contributed by atoms with Gasteiger partial charge in [0, 0.05) is 25.1 Å². The molecule has 108 valence electrons. The molecule has 3 rings (SSSR count). The molecule has 0 spiro atoms. The molecule has 0 amide bonds. The number of hydrogen-bond acceptors (Lipinski definition) is 3. The van der Waals surface area contributed by atoms with Gasteiger partial charge in [-0.05, 0) is 49.2 Å². The summed E-state index contributed by atoms with van der Waals surface area (Å²) in [6, 6.07) is 10.1. The van der Waals surface area contributed by atoms with Crippen LogP contribution in [0, 0.1) is 13.8 Å². The Labute approximate surface area is 124 Å². The molecule has 4 nitrogen and oxygen atoms in total. The highest BCUT2D eigenvalue weighted by molar-refractivity contribution is 5.50. The molecule has 2 heterocycles. The third-order valence-corrected chi connectivity index (χ3v) is 3.76. The van der Waals surface area contributed by atoms with Gasteiger partial charge < -0.3 is 14.3 Å². The van der Waals surface area contributed by atoms with Crippen molar-refractivity contribution in [2.45, 2.75) is 19.9 Å². The lowest BCUT2D eigenvalue weighted by atomic mass is 10.1. The molecule has 2 aromatic heterocycles. The summed E-state index contributed by atoms with van der Waals surface area (Å²) in [7, 11) is 1.99. The first-order valence-electron chi connectivity index (χ1n) is 6.99. The Morgan fingerprint density at radius 3 is 2.67 bits per heavy atom. The van der Waals surface area contributed by atoms with Crippen molar-refractivity contribution in [2.75, 3.05) is 5.32 Å². The monoisotopic (exact) mass is 281 g/mol. The second kappa shape index (κ2) is 5.48. The van der Waals surface area contributed by atoms with Crippen LogP contribution >= 0.6 is 0 Å². The van der Waals surface area contributed by atoms with Crippen molar-refractivity contribution in [3.63, 3.8) is 0 Å². The Balaban J connectivity index is 1.97. The predicted octanol–water partition coefficient (Wildman–Crippen LogP) is 3.83. The van der Waals surface area contributed by atoms with Gasteiger partial charge in [-0.1, -0.05) is 6.07 Å². The van der Waals surface area contributed by atoms with Gasteiger partial charge in [-0.25, -0.2) is 4.98 Å². The molecule has 0 fully saturated rings. The maximum absolute atomic E-state index is 5.58. The first kappa shape index (κ1) is 13.5. The molecule has 0 saturated carbocycles. The van der Waals surface area contributed by atoms with Gasteiger partial charge in [-0.2, -0.15) is 0 Å². The summed E-state index contributed by atoms with van der Waals surface area (Å²) in [4.78, 5) is 4.45. The van der Waals surface area contributed by atoms with E-state index in [9.17, 15) is 0 Å². The van der Waals surface area contributed by atoms with Gasteiger partial charge in [0.25, 0.3) is 0 Å². The molecule has 0 radical (unpaired) electrons. The van der Waals surface area contributed by atoms with E-state index in [4.69, 9.17) is 4.42 Å². The van der Waals surface area contributed by atoms with Crippen molar-refractivity contribution in [1.82, 2.24) is 9.55 Å². The molecule has 0 aliphatic rings.